The summed E-state index contributed by atoms with van der Waals surface area (Å²) in [6, 6.07) is 0. The van der Waals surface area contributed by atoms with Crippen molar-refractivity contribution in [2.24, 2.45) is 17.1 Å². The highest BCUT2D eigenvalue weighted by atomic mass is 32.1. The average Bonchev–Trinajstić information content (AvgIpc) is 2.34. The van der Waals surface area contributed by atoms with Crippen LogP contribution in [-0.2, 0) is 4.79 Å². The van der Waals surface area contributed by atoms with Crippen molar-refractivity contribution in [3.63, 3.8) is 0 Å². The molecule has 3 nitrogen and oxygen atoms in total. The molecule has 0 aromatic heterocycles. The molecule has 1 amide bonds. The van der Waals surface area contributed by atoms with Gasteiger partial charge >= 0.3 is 0 Å². The second kappa shape index (κ2) is 7.07. The maximum atomic E-state index is 12.3. The Balaban J connectivity index is 2.48. The SMILES string of the molecule is CC(C)CCCNC(=O)C1(C(N)=S)CCCCC1. The zero-order valence-corrected chi connectivity index (χ0v) is 12.4. The number of carbonyl (C=O) groups is 1. The molecule has 0 saturated heterocycles. The first-order valence-electron chi connectivity index (χ1n) is 7.07. The van der Waals surface area contributed by atoms with Crippen molar-refractivity contribution in [2.45, 2.75) is 58.8 Å². The Morgan fingerprint density at radius 2 is 1.94 bits per heavy atom. The molecular formula is C14H26N2OS. The van der Waals surface area contributed by atoms with Crippen LogP contribution in [0.2, 0.25) is 0 Å². The van der Waals surface area contributed by atoms with Gasteiger partial charge in [0, 0.05) is 6.54 Å². The molecule has 1 saturated carbocycles. The average molecular weight is 270 g/mol. The molecule has 0 bridgehead atoms. The summed E-state index contributed by atoms with van der Waals surface area (Å²) < 4.78 is 0. The number of amides is 1. The molecule has 1 fully saturated rings. The van der Waals surface area contributed by atoms with Gasteiger partial charge in [0.1, 0.15) is 0 Å². The van der Waals surface area contributed by atoms with Gasteiger partial charge in [-0.1, -0.05) is 45.3 Å². The monoisotopic (exact) mass is 270 g/mol. The number of carbonyl (C=O) groups excluding carboxylic acids is 1. The van der Waals surface area contributed by atoms with Crippen molar-refractivity contribution < 1.29 is 4.79 Å². The van der Waals surface area contributed by atoms with Crippen molar-refractivity contribution in [2.75, 3.05) is 6.54 Å². The van der Waals surface area contributed by atoms with Crippen molar-refractivity contribution in [1.29, 1.82) is 0 Å². The van der Waals surface area contributed by atoms with Crippen LogP contribution in [0.3, 0.4) is 0 Å². The van der Waals surface area contributed by atoms with Crippen LogP contribution < -0.4 is 11.1 Å². The number of nitrogens with two attached hydrogens (primary N) is 1. The molecule has 18 heavy (non-hydrogen) atoms. The quantitative estimate of drug-likeness (QED) is 0.576. The molecule has 0 aromatic carbocycles. The summed E-state index contributed by atoms with van der Waals surface area (Å²) in [5.74, 6) is 0.736. The van der Waals surface area contributed by atoms with Crippen LogP contribution in [0.25, 0.3) is 0 Å². The third-order valence-electron chi connectivity index (χ3n) is 3.86. The summed E-state index contributed by atoms with van der Waals surface area (Å²) in [5.41, 5.74) is 5.26. The fraction of sp³-hybridized carbons (Fsp3) is 0.857. The molecule has 104 valence electrons. The first kappa shape index (κ1) is 15.4. The molecule has 1 rings (SSSR count). The number of hydrogen-bond acceptors (Lipinski definition) is 2. The number of rotatable bonds is 6. The highest BCUT2D eigenvalue weighted by Crippen LogP contribution is 2.36. The number of nitrogens with one attached hydrogen (secondary N) is 1. The highest BCUT2D eigenvalue weighted by molar-refractivity contribution is 7.80. The standard InChI is InChI=1S/C14H26N2OS/c1-11(2)7-6-10-16-13(17)14(12(15)18)8-4-3-5-9-14/h11H,3-10H2,1-2H3,(H2,15,18)(H,16,17). The first-order valence-corrected chi connectivity index (χ1v) is 7.48. The zero-order chi connectivity index (χ0) is 13.6. The van der Waals surface area contributed by atoms with E-state index >= 15 is 0 Å². The van der Waals surface area contributed by atoms with E-state index in [4.69, 9.17) is 18.0 Å². The van der Waals surface area contributed by atoms with Gasteiger partial charge < -0.3 is 11.1 Å². The van der Waals surface area contributed by atoms with Crippen LogP contribution in [0.15, 0.2) is 0 Å². The van der Waals surface area contributed by atoms with E-state index in [2.05, 4.69) is 19.2 Å². The minimum absolute atomic E-state index is 0.0541. The molecule has 1 aliphatic rings. The second-order valence-corrected chi connectivity index (χ2v) is 6.24. The van der Waals surface area contributed by atoms with Gasteiger partial charge in [-0.05, 0) is 31.6 Å². The summed E-state index contributed by atoms with van der Waals surface area (Å²) >= 11 is 5.14. The van der Waals surface area contributed by atoms with Crippen LogP contribution in [0, 0.1) is 11.3 Å². The molecular weight excluding hydrogens is 244 g/mol. The third-order valence-corrected chi connectivity index (χ3v) is 4.25. The molecule has 0 unspecified atom stereocenters. The van der Waals surface area contributed by atoms with Crippen LogP contribution in [0.5, 0.6) is 0 Å². The summed E-state index contributed by atoms with van der Waals surface area (Å²) in [7, 11) is 0. The van der Waals surface area contributed by atoms with E-state index in [9.17, 15) is 4.79 Å². The van der Waals surface area contributed by atoms with E-state index in [0.717, 1.165) is 45.1 Å². The van der Waals surface area contributed by atoms with Gasteiger partial charge in [0.15, 0.2) is 0 Å². The maximum Gasteiger partial charge on any atom is 0.233 e. The lowest BCUT2D eigenvalue weighted by Crippen LogP contribution is -2.50. The van der Waals surface area contributed by atoms with Crippen molar-refractivity contribution in [1.82, 2.24) is 5.32 Å². The van der Waals surface area contributed by atoms with E-state index in [1.165, 1.54) is 6.42 Å². The molecule has 3 N–H and O–H groups in total. The van der Waals surface area contributed by atoms with Crippen molar-refractivity contribution >= 4 is 23.1 Å². The molecule has 0 spiro atoms. The Kier molecular flexibility index (Phi) is 6.06. The van der Waals surface area contributed by atoms with E-state index in [0.29, 0.717) is 10.9 Å². The third kappa shape index (κ3) is 3.94. The minimum atomic E-state index is -0.564. The van der Waals surface area contributed by atoms with Gasteiger partial charge in [-0.15, -0.1) is 0 Å². The van der Waals surface area contributed by atoms with Crippen molar-refractivity contribution in [3.05, 3.63) is 0 Å². The number of thiocarbonyl (C=S) groups is 1. The highest BCUT2D eigenvalue weighted by Gasteiger charge is 2.41. The molecule has 0 heterocycles. The first-order chi connectivity index (χ1) is 8.49. The Labute approximate surface area is 116 Å². The van der Waals surface area contributed by atoms with Gasteiger partial charge in [0.05, 0.1) is 10.4 Å². The van der Waals surface area contributed by atoms with Gasteiger partial charge in [-0.2, -0.15) is 0 Å². The summed E-state index contributed by atoms with van der Waals surface area (Å²) in [5, 5.41) is 3.02. The van der Waals surface area contributed by atoms with Crippen LogP contribution in [0.4, 0.5) is 0 Å². The van der Waals surface area contributed by atoms with Crippen LogP contribution >= 0.6 is 12.2 Å². The van der Waals surface area contributed by atoms with Crippen molar-refractivity contribution in [3.8, 4) is 0 Å². The molecule has 4 heteroatoms. The molecule has 0 aliphatic heterocycles. The molecule has 0 atom stereocenters. The second-order valence-electron chi connectivity index (χ2n) is 5.80. The normalized spacial score (nSPS) is 18.6. The predicted octanol–water partition coefficient (Wildman–Crippen LogP) is 2.78. The lowest BCUT2D eigenvalue weighted by atomic mass is 9.73. The Morgan fingerprint density at radius 1 is 1.33 bits per heavy atom. The molecule has 1 aliphatic carbocycles. The smallest absolute Gasteiger partial charge is 0.233 e. The zero-order valence-electron chi connectivity index (χ0n) is 11.6. The van der Waals surface area contributed by atoms with Gasteiger partial charge in [0.25, 0.3) is 0 Å². The largest absolute Gasteiger partial charge is 0.392 e. The Morgan fingerprint density at radius 3 is 2.44 bits per heavy atom. The topological polar surface area (TPSA) is 55.1 Å². The lowest BCUT2D eigenvalue weighted by molar-refractivity contribution is -0.128. The van der Waals surface area contributed by atoms with E-state index in [1.54, 1.807) is 0 Å². The van der Waals surface area contributed by atoms with Gasteiger partial charge in [-0.25, -0.2) is 0 Å². The van der Waals surface area contributed by atoms with Crippen LogP contribution in [0.1, 0.15) is 58.8 Å². The fourth-order valence-electron chi connectivity index (χ4n) is 2.62. The van der Waals surface area contributed by atoms with E-state index < -0.39 is 5.41 Å². The van der Waals surface area contributed by atoms with E-state index in [-0.39, 0.29) is 5.91 Å². The Hall–Kier alpha value is -0.640. The summed E-state index contributed by atoms with van der Waals surface area (Å²) in [4.78, 5) is 12.7. The molecule has 0 radical (unpaired) electrons. The summed E-state index contributed by atoms with van der Waals surface area (Å²) in [6.45, 7) is 5.13. The fourth-order valence-corrected chi connectivity index (χ4v) is 2.92. The number of hydrogen-bond donors (Lipinski definition) is 2. The van der Waals surface area contributed by atoms with Gasteiger partial charge in [-0.3, -0.25) is 4.79 Å². The molecule has 0 aromatic rings. The van der Waals surface area contributed by atoms with E-state index in [1.807, 2.05) is 0 Å². The Bertz CT molecular complexity index is 296. The lowest BCUT2D eigenvalue weighted by Gasteiger charge is -2.34. The minimum Gasteiger partial charge on any atom is -0.392 e. The van der Waals surface area contributed by atoms with Gasteiger partial charge in [0.2, 0.25) is 5.91 Å². The predicted molar refractivity (Wildman–Crippen MR) is 79.4 cm³/mol. The maximum absolute atomic E-state index is 12.3. The summed E-state index contributed by atoms with van der Waals surface area (Å²) in [6.07, 6.45) is 7.09. The van der Waals surface area contributed by atoms with Crippen LogP contribution in [-0.4, -0.2) is 17.4 Å².